The molecule has 9 heteroatoms. The van der Waals surface area contributed by atoms with Crippen molar-refractivity contribution in [2.45, 2.75) is 75.7 Å². The molecule has 2 unspecified atom stereocenters. The van der Waals surface area contributed by atoms with Crippen molar-refractivity contribution in [2.24, 2.45) is 4.99 Å². The third-order valence-electron chi connectivity index (χ3n) is 6.80. The van der Waals surface area contributed by atoms with Crippen LogP contribution in [0, 0.1) is 0 Å². The Bertz CT molecular complexity index is 956. The van der Waals surface area contributed by atoms with Gasteiger partial charge in [0.05, 0.1) is 17.5 Å². The Hall–Kier alpha value is -1.58. The highest BCUT2D eigenvalue weighted by Gasteiger charge is 2.42. The van der Waals surface area contributed by atoms with Crippen LogP contribution in [0.5, 0.6) is 0 Å². The summed E-state index contributed by atoms with van der Waals surface area (Å²) in [7, 11) is -2.94. The molecule has 182 valence electrons. The molecule has 2 aliphatic heterocycles. The van der Waals surface area contributed by atoms with Gasteiger partial charge in [0.1, 0.15) is 0 Å². The smallest absolute Gasteiger partial charge is 0.251 e. The summed E-state index contributed by atoms with van der Waals surface area (Å²) in [6.45, 7) is 6.24. The van der Waals surface area contributed by atoms with Crippen molar-refractivity contribution >= 4 is 38.4 Å². The zero-order valence-corrected chi connectivity index (χ0v) is 21.3. The van der Waals surface area contributed by atoms with Gasteiger partial charge in [-0.15, -0.1) is 0 Å². The summed E-state index contributed by atoms with van der Waals surface area (Å²) in [6, 6.07) is 8.45. The molecule has 0 radical (unpaired) electrons. The van der Waals surface area contributed by atoms with Crippen LogP contribution in [0.1, 0.15) is 62.7 Å². The highest BCUT2D eigenvalue weighted by Crippen LogP contribution is 2.34. The third kappa shape index (κ3) is 6.51. The van der Waals surface area contributed by atoms with Crippen LogP contribution in [-0.2, 0) is 9.84 Å². The lowest BCUT2D eigenvalue weighted by Crippen LogP contribution is -2.43. The number of anilines is 1. The van der Waals surface area contributed by atoms with Crippen molar-refractivity contribution in [3.8, 4) is 0 Å². The zero-order valence-electron chi connectivity index (χ0n) is 19.6. The second-order valence-electron chi connectivity index (χ2n) is 9.67. The van der Waals surface area contributed by atoms with Crippen molar-refractivity contribution in [3.63, 3.8) is 0 Å². The van der Waals surface area contributed by atoms with Gasteiger partial charge >= 0.3 is 0 Å². The number of nitrogens with zero attached hydrogens (tertiary/aromatic N) is 2. The molecule has 2 atom stereocenters. The Kier molecular flexibility index (Phi) is 8.02. The average molecular weight is 493 g/mol. The molecule has 1 aromatic carbocycles. The molecule has 1 aromatic rings. The number of thioether (sulfide) groups is 1. The Morgan fingerprint density at radius 1 is 1.15 bits per heavy atom. The quantitative estimate of drug-likeness (QED) is 0.540. The Morgan fingerprint density at radius 2 is 1.88 bits per heavy atom. The minimum absolute atomic E-state index is 0.0206. The molecule has 1 saturated heterocycles. The van der Waals surface area contributed by atoms with Gasteiger partial charge in [0.25, 0.3) is 5.91 Å². The van der Waals surface area contributed by atoms with Gasteiger partial charge in [-0.05, 0) is 57.4 Å². The van der Waals surface area contributed by atoms with E-state index in [0.717, 1.165) is 23.8 Å². The van der Waals surface area contributed by atoms with Gasteiger partial charge in [-0.1, -0.05) is 31.0 Å². The van der Waals surface area contributed by atoms with E-state index in [4.69, 9.17) is 0 Å². The molecule has 2 fully saturated rings. The maximum atomic E-state index is 12.5. The summed E-state index contributed by atoms with van der Waals surface area (Å²) in [5.74, 6) is 0.290. The fraction of sp³-hybridized carbons (Fsp3) is 0.667. The Morgan fingerprint density at radius 3 is 2.55 bits per heavy atom. The van der Waals surface area contributed by atoms with Gasteiger partial charge < -0.3 is 10.6 Å². The molecular weight excluding hydrogens is 456 g/mol. The number of amidine groups is 1. The predicted octanol–water partition coefficient (Wildman–Crippen LogP) is 3.53. The molecule has 0 bridgehead atoms. The van der Waals surface area contributed by atoms with E-state index in [1.54, 1.807) is 0 Å². The van der Waals surface area contributed by atoms with E-state index in [-0.39, 0.29) is 28.7 Å². The van der Waals surface area contributed by atoms with Gasteiger partial charge in [0.2, 0.25) is 0 Å². The molecular formula is C24H36N4O3S2. The number of benzene rings is 1. The van der Waals surface area contributed by atoms with E-state index >= 15 is 0 Å². The van der Waals surface area contributed by atoms with Crippen molar-refractivity contribution < 1.29 is 13.2 Å². The second-order valence-corrected chi connectivity index (χ2v) is 13.1. The largest absolute Gasteiger partial charge is 0.352 e. The topological polar surface area (TPSA) is 90.9 Å². The van der Waals surface area contributed by atoms with E-state index in [1.807, 2.05) is 24.3 Å². The number of amides is 1. The zero-order chi connectivity index (χ0) is 23.4. The lowest BCUT2D eigenvalue weighted by molar-refractivity contribution is 0.0942. The number of hydrogen-bond acceptors (Lipinski definition) is 7. The molecule has 33 heavy (non-hydrogen) atoms. The standard InChI is InChI=1S/C24H36N4O3S2/c1-17(2)28(20-7-4-3-5-8-20)14-6-13-25-23(29)18-9-11-19(12-10-18)26-24-27-21-15-33(30,31)16-22(21)32-24/h9-12,17,20-22H,3-8,13-16H2,1-2H3,(H,25,29)(H,26,27). The number of carbonyl (C=O) groups excluding carboxylic acids is 1. The maximum absolute atomic E-state index is 12.5. The molecule has 2 N–H and O–H groups in total. The van der Waals surface area contributed by atoms with Gasteiger partial charge in [0, 0.05) is 41.7 Å². The number of sulfone groups is 1. The summed E-state index contributed by atoms with van der Waals surface area (Å²) < 4.78 is 23.4. The van der Waals surface area contributed by atoms with Crippen LogP contribution in [0.15, 0.2) is 29.3 Å². The van der Waals surface area contributed by atoms with E-state index in [9.17, 15) is 13.2 Å². The summed E-state index contributed by atoms with van der Waals surface area (Å²) >= 11 is 1.49. The Labute approximate surface area is 202 Å². The molecule has 0 spiro atoms. The molecule has 1 amide bonds. The van der Waals surface area contributed by atoms with Crippen LogP contribution in [0.3, 0.4) is 0 Å². The van der Waals surface area contributed by atoms with Crippen LogP contribution >= 0.6 is 11.8 Å². The van der Waals surface area contributed by atoms with Crippen LogP contribution in [0.2, 0.25) is 0 Å². The summed E-state index contributed by atoms with van der Waals surface area (Å²) in [5, 5.41) is 7.08. The number of fused-ring (bicyclic) bond motifs is 1. The molecule has 1 saturated carbocycles. The van der Waals surface area contributed by atoms with Crippen LogP contribution in [0.4, 0.5) is 5.69 Å². The highest BCUT2D eigenvalue weighted by molar-refractivity contribution is 8.15. The second kappa shape index (κ2) is 10.8. The number of carbonyl (C=O) groups is 1. The number of hydrogen-bond donors (Lipinski definition) is 2. The van der Waals surface area contributed by atoms with Crippen molar-refractivity contribution in [1.82, 2.24) is 10.2 Å². The molecule has 1 aliphatic carbocycles. The van der Waals surface area contributed by atoms with E-state index in [0.29, 0.717) is 24.2 Å². The van der Waals surface area contributed by atoms with Gasteiger partial charge in [-0.3, -0.25) is 14.7 Å². The molecule has 7 nitrogen and oxygen atoms in total. The minimum atomic E-state index is -2.94. The predicted molar refractivity (Wildman–Crippen MR) is 137 cm³/mol. The van der Waals surface area contributed by atoms with Crippen LogP contribution < -0.4 is 10.6 Å². The molecule has 4 rings (SSSR count). The SMILES string of the molecule is CC(C)N(CCCNC(=O)c1ccc(NC2=NC3CS(=O)(=O)CC3S2)cc1)C1CCCCC1. The number of nitrogens with one attached hydrogen (secondary N) is 2. The first-order valence-electron chi connectivity index (χ1n) is 12.2. The van der Waals surface area contributed by atoms with Crippen LogP contribution in [0.25, 0.3) is 0 Å². The van der Waals surface area contributed by atoms with Gasteiger partial charge in [-0.25, -0.2) is 8.42 Å². The van der Waals surface area contributed by atoms with E-state index < -0.39 is 9.84 Å². The minimum Gasteiger partial charge on any atom is -0.352 e. The molecule has 0 aromatic heterocycles. The Balaban J connectivity index is 1.21. The van der Waals surface area contributed by atoms with Crippen molar-refractivity contribution in [3.05, 3.63) is 29.8 Å². The van der Waals surface area contributed by atoms with Crippen molar-refractivity contribution in [1.29, 1.82) is 0 Å². The fourth-order valence-corrected chi connectivity index (χ4v) is 8.76. The number of rotatable bonds is 8. The number of aliphatic imine (C=N–C) groups is 1. The first-order chi connectivity index (χ1) is 15.8. The van der Waals surface area contributed by atoms with E-state index in [1.165, 1.54) is 43.9 Å². The first kappa shape index (κ1) is 24.5. The first-order valence-corrected chi connectivity index (χ1v) is 14.9. The van der Waals surface area contributed by atoms with Crippen molar-refractivity contribution in [2.75, 3.05) is 29.9 Å². The van der Waals surface area contributed by atoms with Gasteiger partial charge in [-0.2, -0.15) is 0 Å². The molecule has 2 heterocycles. The summed E-state index contributed by atoms with van der Waals surface area (Å²) in [5.41, 5.74) is 1.48. The monoisotopic (exact) mass is 492 g/mol. The lowest BCUT2D eigenvalue weighted by atomic mass is 9.93. The van der Waals surface area contributed by atoms with E-state index in [2.05, 4.69) is 34.4 Å². The molecule has 3 aliphatic rings. The highest BCUT2D eigenvalue weighted by atomic mass is 32.2. The average Bonchev–Trinajstić information content (AvgIpc) is 3.26. The van der Waals surface area contributed by atoms with Crippen LogP contribution in [-0.4, -0.2) is 72.4 Å². The summed E-state index contributed by atoms with van der Waals surface area (Å²) in [4.78, 5) is 19.7. The fourth-order valence-electron chi connectivity index (χ4n) is 5.09. The maximum Gasteiger partial charge on any atom is 0.251 e. The normalized spacial score (nSPS) is 24.7. The van der Waals surface area contributed by atoms with Gasteiger partial charge in [0.15, 0.2) is 15.0 Å². The summed E-state index contributed by atoms with van der Waals surface area (Å²) in [6.07, 6.45) is 7.60. The third-order valence-corrected chi connectivity index (χ3v) is 9.94. The lowest BCUT2D eigenvalue weighted by Gasteiger charge is -2.37.